The Hall–Kier alpha value is -2.46. The molecule has 31 heavy (non-hydrogen) atoms. The predicted molar refractivity (Wildman–Crippen MR) is 128 cm³/mol. The topological polar surface area (TPSA) is 85.2 Å². The van der Waals surface area contributed by atoms with Crippen LogP contribution in [0.25, 0.3) is 0 Å². The molecule has 0 saturated carbocycles. The molecule has 0 radical (unpaired) electrons. The molecule has 1 atom stereocenters. The fourth-order valence-corrected chi connectivity index (χ4v) is 4.10. The summed E-state index contributed by atoms with van der Waals surface area (Å²) in [6.45, 7) is 4.24. The second-order valence-corrected chi connectivity index (χ2v) is 9.03. The van der Waals surface area contributed by atoms with Crippen LogP contribution in [0.4, 0.5) is 5.69 Å². The van der Waals surface area contributed by atoms with Crippen molar-refractivity contribution in [1.29, 1.82) is 0 Å². The monoisotopic (exact) mass is 532 g/mol. The molecule has 2 aromatic rings. The first kappa shape index (κ1) is 21.8. The first-order chi connectivity index (χ1) is 15.0. The maximum Gasteiger partial charge on any atom is 0.261 e. The van der Waals surface area contributed by atoms with Crippen LogP contribution in [-0.2, 0) is 11.3 Å². The van der Waals surface area contributed by atoms with Crippen molar-refractivity contribution in [2.75, 3.05) is 18.5 Å². The Bertz CT molecular complexity index is 1070. The normalized spacial score (nSPS) is 18.9. The molecule has 1 amide bonds. The number of hydrogen-bond donors (Lipinski definition) is 2. The van der Waals surface area contributed by atoms with E-state index in [-0.39, 0.29) is 17.0 Å². The van der Waals surface area contributed by atoms with E-state index in [0.29, 0.717) is 17.2 Å². The Balaban J connectivity index is 1.66. The van der Waals surface area contributed by atoms with Crippen LogP contribution in [0, 0.1) is 9.62 Å². The lowest BCUT2D eigenvalue weighted by Gasteiger charge is -2.25. The van der Waals surface area contributed by atoms with E-state index in [1.165, 1.54) is 0 Å². The van der Waals surface area contributed by atoms with Gasteiger partial charge in [0.15, 0.2) is 5.43 Å². The summed E-state index contributed by atoms with van der Waals surface area (Å²) in [5.74, 6) is 0.0273. The third-order valence-corrected chi connectivity index (χ3v) is 6.16. The maximum atomic E-state index is 13.3. The lowest BCUT2D eigenvalue weighted by molar-refractivity contribution is 0.0611. The smallest absolute Gasteiger partial charge is 0.261 e. The maximum absolute atomic E-state index is 13.3. The highest BCUT2D eigenvalue weighted by molar-refractivity contribution is 14.1. The van der Waals surface area contributed by atoms with Gasteiger partial charge < -0.3 is 19.9 Å². The summed E-state index contributed by atoms with van der Waals surface area (Å²) >= 11 is 2.10. The number of pyridine rings is 2. The van der Waals surface area contributed by atoms with Crippen LogP contribution in [0.3, 0.4) is 0 Å². The molecule has 2 aliphatic heterocycles. The Labute approximate surface area is 194 Å². The fraction of sp³-hybridized carbons (Fsp3) is 0.348. The van der Waals surface area contributed by atoms with Gasteiger partial charge in [-0.1, -0.05) is 12.2 Å². The van der Waals surface area contributed by atoms with Crippen molar-refractivity contribution in [2.24, 2.45) is 5.92 Å². The van der Waals surface area contributed by atoms with Gasteiger partial charge in [0.25, 0.3) is 5.91 Å². The second kappa shape index (κ2) is 9.78. The standard InChI is InChI=1S/C23H25IN4O3/c1-15-2-4-20(25-10-15)18-13-28(12-16-6-8-31-9-7-16)14-19(22(18)29)23(30)27-17-3-5-21(24)26-11-17/h2-5,10-11,13-14,16,20,25H,6-9,12H2,1H3,(H,27,30). The fourth-order valence-electron chi connectivity index (χ4n) is 3.78. The second-order valence-electron chi connectivity index (χ2n) is 7.92. The first-order valence-electron chi connectivity index (χ1n) is 10.4. The summed E-state index contributed by atoms with van der Waals surface area (Å²) in [6.07, 6.45) is 12.9. The van der Waals surface area contributed by atoms with E-state index in [1.54, 1.807) is 24.5 Å². The third kappa shape index (κ3) is 5.43. The van der Waals surface area contributed by atoms with Gasteiger partial charge in [-0.2, -0.15) is 0 Å². The molecule has 7 nitrogen and oxygen atoms in total. The number of dihydropyridines is 1. The minimum Gasteiger partial charge on any atom is -0.381 e. The molecule has 162 valence electrons. The Morgan fingerprint density at radius 2 is 2.13 bits per heavy atom. The largest absolute Gasteiger partial charge is 0.381 e. The van der Waals surface area contributed by atoms with Crippen LogP contribution in [0.2, 0.25) is 0 Å². The molecule has 0 aliphatic carbocycles. The molecule has 1 fully saturated rings. The molecule has 0 aromatic carbocycles. The molecule has 0 spiro atoms. The van der Waals surface area contributed by atoms with E-state index in [0.717, 1.165) is 41.9 Å². The first-order valence-corrected chi connectivity index (χ1v) is 11.4. The van der Waals surface area contributed by atoms with E-state index >= 15 is 0 Å². The number of halogens is 1. The van der Waals surface area contributed by atoms with Gasteiger partial charge in [-0.05, 0) is 66.0 Å². The molecule has 1 saturated heterocycles. The zero-order valence-corrected chi connectivity index (χ0v) is 19.5. The number of allylic oxidation sites excluding steroid dienone is 2. The van der Waals surface area contributed by atoms with Gasteiger partial charge in [-0.15, -0.1) is 0 Å². The number of amides is 1. The van der Waals surface area contributed by atoms with Crippen LogP contribution >= 0.6 is 22.6 Å². The summed E-state index contributed by atoms with van der Waals surface area (Å²) in [6, 6.07) is 3.31. The molecule has 4 rings (SSSR count). The highest BCUT2D eigenvalue weighted by atomic mass is 127. The summed E-state index contributed by atoms with van der Waals surface area (Å²) in [5.41, 5.74) is 2.05. The number of nitrogens with zero attached hydrogens (tertiary/aromatic N) is 2. The van der Waals surface area contributed by atoms with Gasteiger partial charge >= 0.3 is 0 Å². The number of carbonyl (C=O) groups excluding carboxylic acids is 1. The van der Waals surface area contributed by atoms with E-state index in [2.05, 4.69) is 38.2 Å². The van der Waals surface area contributed by atoms with Crippen LogP contribution < -0.4 is 16.1 Å². The number of aromatic nitrogens is 2. The average Bonchev–Trinajstić information content (AvgIpc) is 2.78. The van der Waals surface area contributed by atoms with Crippen molar-refractivity contribution < 1.29 is 9.53 Å². The Morgan fingerprint density at radius 1 is 1.32 bits per heavy atom. The summed E-state index contributed by atoms with van der Waals surface area (Å²) < 4.78 is 8.28. The Kier molecular flexibility index (Phi) is 6.86. The van der Waals surface area contributed by atoms with Crippen molar-refractivity contribution in [1.82, 2.24) is 14.9 Å². The van der Waals surface area contributed by atoms with Crippen LogP contribution in [0.15, 0.2) is 59.4 Å². The predicted octanol–water partition coefficient (Wildman–Crippen LogP) is 3.63. The minimum atomic E-state index is -0.429. The number of anilines is 1. The van der Waals surface area contributed by atoms with E-state index < -0.39 is 5.91 Å². The SMILES string of the molecule is CC1=CNC(c2cn(CC3CCOCC3)cc(C(=O)Nc3ccc(I)nc3)c2=O)C=C1. The quantitative estimate of drug-likeness (QED) is 0.454. The van der Waals surface area contributed by atoms with Crippen molar-refractivity contribution >= 4 is 34.2 Å². The van der Waals surface area contributed by atoms with Crippen molar-refractivity contribution in [3.8, 4) is 0 Å². The number of ether oxygens (including phenoxy) is 1. The lowest BCUT2D eigenvalue weighted by atomic mass is 9.99. The van der Waals surface area contributed by atoms with Crippen LogP contribution in [0.1, 0.15) is 41.7 Å². The molecule has 4 heterocycles. The van der Waals surface area contributed by atoms with Gasteiger partial charge in [-0.25, -0.2) is 4.98 Å². The zero-order valence-electron chi connectivity index (χ0n) is 17.3. The highest BCUT2D eigenvalue weighted by Gasteiger charge is 2.22. The summed E-state index contributed by atoms with van der Waals surface area (Å²) in [5, 5.41) is 6.06. The van der Waals surface area contributed by atoms with Crippen LogP contribution in [-0.4, -0.2) is 28.7 Å². The van der Waals surface area contributed by atoms with Crippen molar-refractivity contribution in [3.63, 3.8) is 0 Å². The number of rotatable bonds is 5. The average molecular weight is 532 g/mol. The number of nitrogens with one attached hydrogen (secondary N) is 2. The molecule has 8 heteroatoms. The molecular weight excluding hydrogens is 507 g/mol. The molecule has 2 N–H and O–H groups in total. The Morgan fingerprint density at radius 3 is 2.81 bits per heavy atom. The van der Waals surface area contributed by atoms with E-state index in [1.807, 2.05) is 36.0 Å². The number of carbonyl (C=O) groups is 1. The lowest BCUT2D eigenvalue weighted by Crippen LogP contribution is -2.31. The van der Waals surface area contributed by atoms with Gasteiger partial charge in [0.2, 0.25) is 0 Å². The molecule has 0 bridgehead atoms. The third-order valence-electron chi connectivity index (χ3n) is 5.52. The molecule has 1 unspecified atom stereocenters. The van der Waals surface area contributed by atoms with Gasteiger partial charge in [0.05, 0.1) is 17.9 Å². The minimum absolute atomic E-state index is 0.129. The van der Waals surface area contributed by atoms with E-state index in [4.69, 9.17) is 4.74 Å². The van der Waals surface area contributed by atoms with Crippen molar-refractivity contribution in [3.05, 3.63) is 79.7 Å². The number of hydrogen-bond acceptors (Lipinski definition) is 5. The molecular formula is C23H25IN4O3. The van der Waals surface area contributed by atoms with E-state index in [9.17, 15) is 9.59 Å². The highest BCUT2D eigenvalue weighted by Crippen LogP contribution is 2.20. The zero-order chi connectivity index (χ0) is 21.8. The van der Waals surface area contributed by atoms with Gasteiger partial charge in [0, 0.05) is 43.9 Å². The van der Waals surface area contributed by atoms with Gasteiger partial charge in [0.1, 0.15) is 9.26 Å². The van der Waals surface area contributed by atoms with Crippen LogP contribution in [0.5, 0.6) is 0 Å². The van der Waals surface area contributed by atoms with Crippen molar-refractivity contribution in [2.45, 2.75) is 32.4 Å². The molecule has 2 aliphatic rings. The van der Waals surface area contributed by atoms with Gasteiger partial charge in [-0.3, -0.25) is 9.59 Å². The molecule has 2 aromatic heterocycles. The summed E-state index contributed by atoms with van der Waals surface area (Å²) in [7, 11) is 0. The summed E-state index contributed by atoms with van der Waals surface area (Å²) in [4.78, 5) is 30.5.